The first-order valence-electron chi connectivity index (χ1n) is 5.32. The summed E-state index contributed by atoms with van der Waals surface area (Å²) in [5.74, 6) is 3.38. The summed E-state index contributed by atoms with van der Waals surface area (Å²) >= 11 is 0. The van der Waals surface area contributed by atoms with Gasteiger partial charge in [0.2, 0.25) is 0 Å². The highest BCUT2D eigenvalue weighted by atomic mass is 15.2. The lowest BCUT2D eigenvalue weighted by atomic mass is 10.3. The topological polar surface area (TPSA) is 41.1 Å². The zero-order chi connectivity index (χ0) is 12.0. The first kappa shape index (κ1) is 12.5. The molecular weight excluding hydrogens is 200 g/mol. The van der Waals surface area contributed by atoms with Gasteiger partial charge in [0.1, 0.15) is 5.82 Å². The maximum absolute atomic E-state index is 5.25. The SMILES string of the molecule is C#CCN(C)c1cncc(CNC(C)C)n1. The second-order valence-corrected chi connectivity index (χ2v) is 3.96. The molecule has 0 aliphatic rings. The van der Waals surface area contributed by atoms with E-state index in [1.165, 1.54) is 0 Å². The van der Waals surface area contributed by atoms with Crippen LogP contribution in [-0.2, 0) is 6.54 Å². The van der Waals surface area contributed by atoms with Crippen LogP contribution in [0.25, 0.3) is 0 Å². The lowest BCUT2D eigenvalue weighted by molar-refractivity contribution is 0.580. The van der Waals surface area contributed by atoms with Gasteiger partial charge in [-0.05, 0) is 0 Å². The molecule has 0 aromatic carbocycles. The Bertz CT molecular complexity index is 368. The van der Waals surface area contributed by atoms with Crippen molar-refractivity contribution in [1.29, 1.82) is 0 Å². The van der Waals surface area contributed by atoms with E-state index in [-0.39, 0.29) is 0 Å². The summed E-state index contributed by atoms with van der Waals surface area (Å²) in [6.07, 6.45) is 8.74. The molecule has 1 N–H and O–H groups in total. The first-order chi connectivity index (χ1) is 7.63. The van der Waals surface area contributed by atoms with Crippen molar-refractivity contribution >= 4 is 5.82 Å². The molecule has 1 heterocycles. The highest BCUT2D eigenvalue weighted by molar-refractivity contribution is 5.36. The van der Waals surface area contributed by atoms with E-state index < -0.39 is 0 Å². The number of nitrogens with one attached hydrogen (secondary N) is 1. The standard InChI is InChI=1S/C12H18N4/c1-5-6-16(4)12-9-13-7-11(15-12)8-14-10(2)3/h1,7,9-10,14H,6,8H2,2-4H3. The van der Waals surface area contributed by atoms with Gasteiger partial charge in [0, 0.05) is 25.8 Å². The molecule has 0 atom stereocenters. The van der Waals surface area contributed by atoms with Gasteiger partial charge in [0.05, 0.1) is 18.4 Å². The molecule has 0 aliphatic heterocycles. The van der Waals surface area contributed by atoms with Crippen LogP contribution in [0.4, 0.5) is 5.82 Å². The molecule has 0 fully saturated rings. The Kier molecular flexibility index (Phi) is 4.74. The molecule has 16 heavy (non-hydrogen) atoms. The van der Waals surface area contributed by atoms with Crippen molar-refractivity contribution in [2.24, 2.45) is 0 Å². The van der Waals surface area contributed by atoms with Crippen LogP contribution in [0.15, 0.2) is 12.4 Å². The molecule has 0 radical (unpaired) electrons. The van der Waals surface area contributed by atoms with Gasteiger partial charge < -0.3 is 10.2 Å². The average Bonchev–Trinajstić information content (AvgIpc) is 2.27. The van der Waals surface area contributed by atoms with Crippen LogP contribution in [0, 0.1) is 12.3 Å². The van der Waals surface area contributed by atoms with Gasteiger partial charge in [-0.1, -0.05) is 19.8 Å². The lowest BCUT2D eigenvalue weighted by Gasteiger charge is -2.15. The molecule has 0 aliphatic carbocycles. The number of nitrogens with zero attached hydrogens (tertiary/aromatic N) is 3. The number of aromatic nitrogens is 2. The van der Waals surface area contributed by atoms with Crippen molar-refractivity contribution in [2.75, 3.05) is 18.5 Å². The summed E-state index contributed by atoms with van der Waals surface area (Å²) in [5.41, 5.74) is 0.926. The third-order valence-electron chi connectivity index (χ3n) is 2.08. The molecule has 1 aromatic heterocycles. The van der Waals surface area contributed by atoms with Gasteiger partial charge in [-0.15, -0.1) is 6.42 Å². The van der Waals surface area contributed by atoms with Crippen LogP contribution in [0.5, 0.6) is 0 Å². The van der Waals surface area contributed by atoms with Crippen LogP contribution in [-0.4, -0.2) is 29.6 Å². The molecule has 0 saturated heterocycles. The lowest BCUT2D eigenvalue weighted by Crippen LogP contribution is -2.24. The Morgan fingerprint density at radius 3 is 2.88 bits per heavy atom. The van der Waals surface area contributed by atoms with Crippen LogP contribution in [0.1, 0.15) is 19.5 Å². The summed E-state index contributed by atoms with van der Waals surface area (Å²) in [7, 11) is 1.91. The van der Waals surface area contributed by atoms with E-state index in [9.17, 15) is 0 Å². The fourth-order valence-electron chi connectivity index (χ4n) is 1.19. The summed E-state index contributed by atoms with van der Waals surface area (Å²) < 4.78 is 0. The summed E-state index contributed by atoms with van der Waals surface area (Å²) in [5, 5.41) is 3.30. The molecule has 0 saturated carbocycles. The van der Waals surface area contributed by atoms with E-state index >= 15 is 0 Å². The molecule has 1 rings (SSSR count). The molecule has 86 valence electrons. The Morgan fingerprint density at radius 1 is 1.50 bits per heavy atom. The molecule has 0 spiro atoms. The summed E-state index contributed by atoms with van der Waals surface area (Å²) in [6.45, 7) is 5.46. The first-order valence-corrected chi connectivity index (χ1v) is 5.32. The van der Waals surface area contributed by atoms with Gasteiger partial charge in [0.25, 0.3) is 0 Å². The van der Waals surface area contributed by atoms with Gasteiger partial charge >= 0.3 is 0 Å². The summed E-state index contributed by atoms with van der Waals surface area (Å²) in [4.78, 5) is 10.5. The molecular formula is C12H18N4. The van der Waals surface area contributed by atoms with Crippen molar-refractivity contribution < 1.29 is 0 Å². The third kappa shape index (κ3) is 3.87. The van der Waals surface area contributed by atoms with Crippen molar-refractivity contribution in [3.05, 3.63) is 18.1 Å². The number of terminal acetylenes is 1. The molecule has 0 bridgehead atoms. The molecule has 4 nitrogen and oxygen atoms in total. The van der Waals surface area contributed by atoms with Crippen LogP contribution in [0.2, 0.25) is 0 Å². The quantitative estimate of drug-likeness (QED) is 0.750. The minimum Gasteiger partial charge on any atom is -0.347 e. The van der Waals surface area contributed by atoms with E-state index in [2.05, 4.69) is 35.1 Å². The Balaban J connectivity index is 2.67. The van der Waals surface area contributed by atoms with E-state index in [4.69, 9.17) is 6.42 Å². The Morgan fingerprint density at radius 2 is 2.25 bits per heavy atom. The van der Waals surface area contributed by atoms with Crippen LogP contribution < -0.4 is 10.2 Å². The van der Waals surface area contributed by atoms with Crippen LogP contribution >= 0.6 is 0 Å². The Labute approximate surface area is 97.1 Å². The van der Waals surface area contributed by atoms with E-state index in [0.717, 1.165) is 18.1 Å². The van der Waals surface area contributed by atoms with Crippen molar-refractivity contribution in [2.45, 2.75) is 26.4 Å². The number of anilines is 1. The van der Waals surface area contributed by atoms with Gasteiger partial charge in [-0.25, -0.2) is 4.98 Å². The van der Waals surface area contributed by atoms with Crippen molar-refractivity contribution in [1.82, 2.24) is 15.3 Å². The van der Waals surface area contributed by atoms with Gasteiger partial charge in [-0.2, -0.15) is 0 Å². The number of hydrogen-bond acceptors (Lipinski definition) is 4. The normalized spacial score (nSPS) is 10.2. The fraction of sp³-hybridized carbons (Fsp3) is 0.500. The second-order valence-electron chi connectivity index (χ2n) is 3.96. The van der Waals surface area contributed by atoms with Crippen molar-refractivity contribution in [3.63, 3.8) is 0 Å². The molecule has 0 unspecified atom stereocenters. The molecule has 0 amide bonds. The third-order valence-corrected chi connectivity index (χ3v) is 2.08. The molecule has 1 aromatic rings. The minimum atomic E-state index is 0.439. The van der Waals surface area contributed by atoms with E-state index in [0.29, 0.717) is 12.6 Å². The van der Waals surface area contributed by atoms with Crippen molar-refractivity contribution in [3.8, 4) is 12.3 Å². The van der Waals surface area contributed by atoms with Gasteiger partial charge in [0.15, 0.2) is 0 Å². The highest BCUT2D eigenvalue weighted by Gasteiger charge is 2.03. The molecule has 4 heteroatoms. The zero-order valence-corrected chi connectivity index (χ0v) is 10.1. The largest absolute Gasteiger partial charge is 0.347 e. The maximum Gasteiger partial charge on any atom is 0.147 e. The maximum atomic E-state index is 5.25. The fourth-order valence-corrected chi connectivity index (χ4v) is 1.19. The minimum absolute atomic E-state index is 0.439. The average molecular weight is 218 g/mol. The van der Waals surface area contributed by atoms with Crippen LogP contribution in [0.3, 0.4) is 0 Å². The van der Waals surface area contributed by atoms with Gasteiger partial charge in [-0.3, -0.25) is 4.98 Å². The predicted molar refractivity (Wildman–Crippen MR) is 66.1 cm³/mol. The summed E-state index contributed by atoms with van der Waals surface area (Å²) in [6, 6.07) is 0.439. The Hall–Kier alpha value is -1.60. The second kappa shape index (κ2) is 6.09. The highest BCUT2D eigenvalue weighted by Crippen LogP contribution is 2.06. The number of hydrogen-bond donors (Lipinski definition) is 1. The van der Waals surface area contributed by atoms with E-state index in [1.807, 2.05) is 11.9 Å². The number of rotatable bonds is 5. The monoisotopic (exact) mass is 218 g/mol. The smallest absolute Gasteiger partial charge is 0.147 e. The van der Waals surface area contributed by atoms with E-state index in [1.54, 1.807) is 12.4 Å². The predicted octanol–water partition coefficient (Wildman–Crippen LogP) is 1.04. The zero-order valence-electron chi connectivity index (χ0n) is 10.1.